The molecule has 0 saturated carbocycles. The van der Waals surface area contributed by atoms with E-state index in [0.717, 1.165) is 52.0 Å². The van der Waals surface area contributed by atoms with Crippen molar-refractivity contribution in [3.05, 3.63) is 30.1 Å². The van der Waals surface area contributed by atoms with E-state index in [0.29, 0.717) is 6.04 Å². The van der Waals surface area contributed by atoms with Crippen molar-refractivity contribution in [3.8, 4) is 0 Å². The molecule has 0 bridgehead atoms. The van der Waals surface area contributed by atoms with Crippen LogP contribution < -0.4 is 5.32 Å². The van der Waals surface area contributed by atoms with Crippen LogP contribution in [0.15, 0.2) is 24.5 Å². The van der Waals surface area contributed by atoms with Crippen molar-refractivity contribution in [1.82, 2.24) is 20.1 Å². The molecule has 0 aliphatic carbocycles. The molecule has 2 amide bonds. The van der Waals surface area contributed by atoms with E-state index in [1.807, 2.05) is 17.3 Å². The lowest BCUT2D eigenvalue weighted by atomic mass is 10.0. The van der Waals surface area contributed by atoms with Crippen LogP contribution >= 0.6 is 0 Å². The smallest absolute Gasteiger partial charge is 0.317 e. The van der Waals surface area contributed by atoms with Gasteiger partial charge in [-0.15, -0.1) is 0 Å². The fraction of sp³-hybridized carbons (Fsp3) is 0.600. The normalized spacial score (nSPS) is 21.8. The third-order valence-corrected chi connectivity index (χ3v) is 4.27. The SMILES string of the molecule is O=C1NCCCN1C1CCN(Cc2ccncc2)CC1. The van der Waals surface area contributed by atoms with Crippen LogP contribution in [0.2, 0.25) is 0 Å². The summed E-state index contributed by atoms with van der Waals surface area (Å²) in [6.07, 6.45) is 6.93. The van der Waals surface area contributed by atoms with E-state index >= 15 is 0 Å². The summed E-state index contributed by atoms with van der Waals surface area (Å²) in [6, 6.07) is 4.70. The Morgan fingerprint density at radius 1 is 1.20 bits per heavy atom. The van der Waals surface area contributed by atoms with Crippen LogP contribution in [0.1, 0.15) is 24.8 Å². The molecule has 2 fully saturated rings. The number of pyridine rings is 1. The molecule has 0 radical (unpaired) electrons. The zero-order valence-corrected chi connectivity index (χ0v) is 11.8. The molecule has 2 saturated heterocycles. The van der Waals surface area contributed by atoms with Gasteiger partial charge in [-0.1, -0.05) is 0 Å². The van der Waals surface area contributed by atoms with Crippen molar-refractivity contribution in [2.24, 2.45) is 0 Å². The Labute approximate surface area is 120 Å². The highest BCUT2D eigenvalue weighted by atomic mass is 16.2. The van der Waals surface area contributed by atoms with Gasteiger partial charge in [-0.25, -0.2) is 4.79 Å². The Morgan fingerprint density at radius 3 is 2.65 bits per heavy atom. The Bertz CT molecular complexity index is 442. The molecule has 3 heterocycles. The van der Waals surface area contributed by atoms with Gasteiger partial charge in [0.25, 0.3) is 0 Å². The number of nitrogens with zero attached hydrogens (tertiary/aromatic N) is 3. The number of aromatic nitrogens is 1. The van der Waals surface area contributed by atoms with Gasteiger partial charge in [-0.2, -0.15) is 0 Å². The van der Waals surface area contributed by atoms with E-state index in [2.05, 4.69) is 27.3 Å². The molecule has 1 aromatic rings. The first-order valence-corrected chi connectivity index (χ1v) is 7.48. The summed E-state index contributed by atoms with van der Waals surface area (Å²) in [5, 5.41) is 2.95. The Balaban J connectivity index is 1.50. The summed E-state index contributed by atoms with van der Waals surface area (Å²) in [5.41, 5.74) is 1.31. The van der Waals surface area contributed by atoms with Crippen LogP contribution in [0.3, 0.4) is 0 Å². The fourth-order valence-electron chi connectivity index (χ4n) is 3.13. The number of carbonyl (C=O) groups excluding carboxylic acids is 1. The first kappa shape index (κ1) is 13.4. The monoisotopic (exact) mass is 274 g/mol. The number of hydrogen-bond acceptors (Lipinski definition) is 3. The Hall–Kier alpha value is -1.62. The summed E-state index contributed by atoms with van der Waals surface area (Å²) in [4.78, 5) is 20.4. The quantitative estimate of drug-likeness (QED) is 0.908. The van der Waals surface area contributed by atoms with Gasteiger partial charge in [0.15, 0.2) is 0 Å². The average molecular weight is 274 g/mol. The molecule has 2 aliphatic rings. The molecular weight excluding hydrogens is 252 g/mol. The maximum atomic E-state index is 11.9. The maximum Gasteiger partial charge on any atom is 0.317 e. The summed E-state index contributed by atoms with van der Waals surface area (Å²) < 4.78 is 0. The Morgan fingerprint density at radius 2 is 1.95 bits per heavy atom. The molecule has 20 heavy (non-hydrogen) atoms. The number of amides is 2. The van der Waals surface area contributed by atoms with Gasteiger partial charge in [0.1, 0.15) is 0 Å². The largest absolute Gasteiger partial charge is 0.338 e. The highest BCUT2D eigenvalue weighted by Crippen LogP contribution is 2.19. The molecule has 2 aliphatic heterocycles. The molecule has 5 nitrogen and oxygen atoms in total. The minimum atomic E-state index is 0.129. The fourth-order valence-corrected chi connectivity index (χ4v) is 3.13. The number of hydrogen-bond donors (Lipinski definition) is 1. The van der Waals surface area contributed by atoms with Crippen LogP contribution in [-0.4, -0.2) is 53.0 Å². The van der Waals surface area contributed by atoms with E-state index in [9.17, 15) is 4.79 Å². The molecule has 0 spiro atoms. The minimum Gasteiger partial charge on any atom is -0.338 e. The van der Waals surface area contributed by atoms with E-state index in [4.69, 9.17) is 0 Å². The van der Waals surface area contributed by atoms with Gasteiger partial charge in [-0.3, -0.25) is 9.88 Å². The Kier molecular flexibility index (Phi) is 4.16. The van der Waals surface area contributed by atoms with Gasteiger partial charge < -0.3 is 10.2 Å². The van der Waals surface area contributed by atoms with Crippen LogP contribution in [0.5, 0.6) is 0 Å². The number of piperidine rings is 1. The highest BCUT2D eigenvalue weighted by molar-refractivity contribution is 5.75. The second kappa shape index (κ2) is 6.22. The zero-order valence-electron chi connectivity index (χ0n) is 11.8. The molecule has 1 N–H and O–H groups in total. The van der Waals surface area contributed by atoms with Gasteiger partial charge in [0, 0.05) is 51.2 Å². The second-order valence-electron chi connectivity index (χ2n) is 5.64. The van der Waals surface area contributed by atoms with Crippen molar-refractivity contribution >= 4 is 6.03 Å². The zero-order chi connectivity index (χ0) is 13.8. The topological polar surface area (TPSA) is 48.5 Å². The van der Waals surface area contributed by atoms with Crippen LogP contribution in [0, 0.1) is 0 Å². The first-order chi connectivity index (χ1) is 9.83. The molecule has 1 aromatic heterocycles. The van der Waals surface area contributed by atoms with Crippen molar-refractivity contribution < 1.29 is 4.79 Å². The van der Waals surface area contributed by atoms with E-state index < -0.39 is 0 Å². The van der Waals surface area contributed by atoms with Gasteiger partial charge >= 0.3 is 6.03 Å². The number of carbonyl (C=O) groups is 1. The summed E-state index contributed by atoms with van der Waals surface area (Å²) in [5.74, 6) is 0. The molecule has 5 heteroatoms. The van der Waals surface area contributed by atoms with Crippen molar-refractivity contribution in [2.45, 2.75) is 31.8 Å². The molecular formula is C15H22N4O. The molecule has 108 valence electrons. The van der Waals surface area contributed by atoms with Crippen molar-refractivity contribution in [2.75, 3.05) is 26.2 Å². The van der Waals surface area contributed by atoms with E-state index in [1.54, 1.807) is 0 Å². The second-order valence-corrected chi connectivity index (χ2v) is 5.64. The van der Waals surface area contributed by atoms with Crippen molar-refractivity contribution in [3.63, 3.8) is 0 Å². The average Bonchev–Trinajstić information content (AvgIpc) is 2.50. The lowest BCUT2D eigenvalue weighted by Crippen LogP contribution is -2.54. The summed E-state index contributed by atoms with van der Waals surface area (Å²) >= 11 is 0. The van der Waals surface area contributed by atoms with Crippen LogP contribution in [-0.2, 0) is 6.54 Å². The van der Waals surface area contributed by atoms with E-state index in [-0.39, 0.29) is 6.03 Å². The lowest BCUT2D eigenvalue weighted by Gasteiger charge is -2.40. The first-order valence-electron chi connectivity index (χ1n) is 7.48. The predicted octanol–water partition coefficient (Wildman–Crippen LogP) is 1.46. The van der Waals surface area contributed by atoms with Gasteiger partial charge in [0.2, 0.25) is 0 Å². The van der Waals surface area contributed by atoms with Gasteiger partial charge in [-0.05, 0) is 37.0 Å². The molecule has 0 atom stereocenters. The molecule has 3 rings (SSSR count). The summed E-state index contributed by atoms with van der Waals surface area (Å²) in [7, 11) is 0. The lowest BCUT2D eigenvalue weighted by molar-refractivity contribution is 0.109. The molecule has 0 aromatic carbocycles. The number of nitrogens with one attached hydrogen (secondary N) is 1. The van der Waals surface area contributed by atoms with Crippen LogP contribution in [0.25, 0.3) is 0 Å². The minimum absolute atomic E-state index is 0.129. The highest BCUT2D eigenvalue weighted by Gasteiger charge is 2.29. The van der Waals surface area contributed by atoms with Crippen molar-refractivity contribution in [1.29, 1.82) is 0 Å². The summed E-state index contributed by atoms with van der Waals surface area (Å²) in [6.45, 7) is 4.87. The number of rotatable bonds is 3. The van der Waals surface area contributed by atoms with Crippen LogP contribution in [0.4, 0.5) is 4.79 Å². The maximum absolute atomic E-state index is 11.9. The number of urea groups is 1. The predicted molar refractivity (Wildman–Crippen MR) is 77.3 cm³/mol. The third-order valence-electron chi connectivity index (χ3n) is 4.27. The molecule has 0 unspecified atom stereocenters. The van der Waals surface area contributed by atoms with Gasteiger partial charge in [0.05, 0.1) is 0 Å². The third kappa shape index (κ3) is 3.10. The number of likely N-dealkylation sites (tertiary alicyclic amines) is 1. The van der Waals surface area contributed by atoms with E-state index in [1.165, 1.54) is 5.56 Å². The standard InChI is InChI=1S/C15H22N4O/c20-15-17-6-1-9-19(15)14-4-10-18(11-5-14)12-13-2-7-16-8-3-13/h2-3,7-8,14H,1,4-6,9-12H2,(H,17,20).